The Hall–Kier alpha value is -2.13. The number of aliphatic hydroxyl groups excluding tert-OH is 1. The van der Waals surface area contributed by atoms with Crippen LogP contribution in [0.4, 0.5) is 8.78 Å². The number of amides is 1. The Kier molecular flexibility index (Phi) is 5.05. The molecule has 9 heteroatoms. The van der Waals surface area contributed by atoms with Crippen LogP contribution in [-0.2, 0) is 4.74 Å². The molecule has 27 heavy (non-hydrogen) atoms. The summed E-state index contributed by atoms with van der Waals surface area (Å²) in [6, 6.07) is 2.32. The van der Waals surface area contributed by atoms with Crippen molar-refractivity contribution in [2.75, 3.05) is 19.8 Å². The van der Waals surface area contributed by atoms with Crippen LogP contribution in [0.3, 0.4) is 0 Å². The lowest BCUT2D eigenvalue weighted by molar-refractivity contribution is 0.0277. The van der Waals surface area contributed by atoms with Gasteiger partial charge >= 0.3 is 0 Å². The highest BCUT2D eigenvalue weighted by Crippen LogP contribution is 2.40. The predicted molar refractivity (Wildman–Crippen MR) is 91.8 cm³/mol. The van der Waals surface area contributed by atoms with Gasteiger partial charge in [0.1, 0.15) is 5.69 Å². The molecule has 0 bridgehead atoms. The van der Waals surface area contributed by atoms with E-state index in [-0.39, 0.29) is 35.5 Å². The van der Waals surface area contributed by atoms with Gasteiger partial charge in [-0.2, -0.15) is 5.10 Å². The lowest BCUT2D eigenvalue weighted by Crippen LogP contribution is -2.45. The first kappa shape index (κ1) is 18.2. The number of rotatable bonds is 6. The van der Waals surface area contributed by atoms with E-state index in [4.69, 9.17) is 4.74 Å². The normalized spacial score (nSPS) is 21.6. The summed E-state index contributed by atoms with van der Waals surface area (Å²) in [5.41, 5.74) is 0.603. The largest absolute Gasteiger partial charge is 0.394 e. The molecular weight excluding hydrogens is 358 g/mol. The molecule has 2 aromatic heterocycles. The van der Waals surface area contributed by atoms with Gasteiger partial charge in [-0.25, -0.2) is 18.3 Å². The number of hydrogen-bond acceptors (Lipinski definition) is 5. The van der Waals surface area contributed by atoms with Crippen molar-refractivity contribution in [1.29, 1.82) is 0 Å². The molecule has 1 aliphatic heterocycles. The molecule has 2 aromatic rings. The molecule has 1 saturated heterocycles. The zero-order valence-corrected chi connectivity index (χ0v) is 14.8. The number of alkyl halides is 2. The van der Waals surface area contributed by atoms with Gasteiger partial charge in [-0.15, -0.1) is 0 Å². The molecular formula is C18H22F2N4O3. The fourth-order valence-electron chi connectivity index (χ4n) is 3.51. The number of nitrogens with zero attached hydrogens (tertiary/aromatic N) is 3. The summed E-state index contributed by atoms with van der Waals surface area (Å²) >= 11 is 0. The molecule has 2 aliphatic rings. The van der Waals surface area contributed by atoms with Gasteiger partial charge in [0.05, 0.1) is 19.3 Å². The average molecular weight is 380 g/mol. The topological polar surface area (TPSA) is 88.8 Å². The van der Waals surface area contributed by atoms with Crippen molar-refractivity contribution in [1.82, 2.24) is 19.9 Å². The highest BCUT2D eigenvalue weighted by molar-refractivity contribution is 5.93. The minimum atomic E-state index is -2.71. The van der Waals surface area contributed by atoms with E-state index in [9.17, 15) is 18.7 Å². The van der Waals surface area contributed by atoms with Gasteiger partial charge in [0.15, 0.2) is 11.3 Å². The van der Waals surface area contributed by atoms with Gasteiger partial charge in [-0.3, -0.25) is 4.79 Å². The Morgan fingerprint density at radius 1 is 1.37 bits per heavy atom. The van der Waals surface area contributed by atoms with Crippen molar-refractivity contribution in [3.63, 3.8) is 0 Å². The minimum Gasteiger partial charge on any atom is -0.394 e. The number of hydrogen-bond donors (Lipinski definition) is 2. The van der Waals surface area contributed by atoms with E-state index < -0.39 is 18.4 Å². The molecule has 4 rings (SSSR count). The smallest absolute Gasteiger partial charge is 0.280 e. The van der Waals surface area contributed by atoms with E-state index in [1.807, 2.05) is 0 Å². The minimum absolute atomic E-state index is 0.00697. The Balaban J connectivity index is 1.58. The van der Waals surface area contributed by atoms with E-state index in [1.54, 1.807) is 0 Å². The first-order valence-corrected chi connectivity index (χ1v) is 9.25. The van der Waals surface area contributed by atoms with Crippen molar-refractivity contribution in [2.45, 2.75) is 44.1 Å². The first-order valence-electron chi connectivity index (χ1n) is 9.25. The number of carbonyl (C=O) groups excluding carboxylic acids is 1. The van der Waals surface area contributed by atoms with Crippen LogP contribution >= 0.6 is 0 Å². The molecule has 2 atom stereocenters. The highest BCUT2D eigenvalue weighted by Gasteiger charge is 2.29. The van der Waals surface area contributed by atoms with Crippen LogP contribution in [0.15, 0.2) is 12.1 Å². The van der Waals surface area contributed by atoms with Crippen LogP contribution < -0.4 is 5.32 Å². The number of aromatic nitrogens is 3. The highest BCUT2D eigenvalue weighted by atomic mass is 19.3. The van der Waals surface area contributed by atoms with Crippen molar-refractivity contribution in [2.24, 2.45) is 5.92 Å². The van der Waals surface area contributed by atoms with E-state index >= 15 is 0 Å². The molecule has 1 amide bonds. The zero-order valence-electron chi connectivity index (χ0n) is 14.8. The maximum atomic E-state index is 13.4. The molecule has 146 valence electrons. The summed E-state index contributed by atoms with van der Waals surface area (Å²) in [6.45, 7) is 0.929. The number of fused-ring (bicyclic) bond motifs is 1. The SMILES string of the molecule is O=C(NC(CO)C1CCCOC1)c1cc2nc(C3CC3)cc(C(F)F)n2n1. The van der Waals surface area contributed by atoms with Gasteiger partial charge < -0.3 is 15.2 Å². The summed E-state index contributed by atoms with van der Waals surface area (Å²) in [5.74, 6) is -0.288. The quantitative estimate of drug-likeness (QED) is 0.801. The standard InChI is InChI=1S/C18H22F2N4O3/c19-17(20)15-6-12(10-3-4-10)21-16-7-13(23-24(15)16)18(26)22-14(8-25)11-2-1-5-27-9-11/h6-7,10-11,14,17,25H,1-5,8-9H2,(H,22,26). The molecule has 0 radical (unpaired) electrons. The summed E-state index contributed by atoms with van der Waals surface area (Å²) in [5, 5.41) is 16.4. The Bertz CT molecular complexity index is 831. The van der Waals surface area contributed by atoms with Gasteiger partial charge in [-0.05, 0) is 31.7 Å². The molecule has 1 aliphatic carbocycles. The van der Waals surface area contributed by atoms with Gasteiger partial charge in [0, 0.05) is 30.2 Å². The number of halogens is 2. The fraction of sp³-hybridized carbons (Fsp3) is 0.611. The summed E-state index contributed by atoms with van der Waals surface area (Å²) in [7, 11) is 0. The number of aliphatic hydroxyl groups is 1. The van der Waals surface area contributed by atoms with Crippen LogP contribution in [0.25, 0.3) is 5.65 Å². The van der Waals surface area contributed by atoms with E-state index in [0.29, 0.717) is 18.9 Å². The van der Waals surface area contributed by atoms with Crippen molar-refractivity contribution in [3.05, 3.63) is 29.2 Å². The van der Waals surface area contributed by atoms with Crippen LogP contribution in [-0.4, -0.2) is 51.5 Å². The number of carbonyl (C=O) groups is 1. The number of ether oxygens (including phenoxy) is 1. The van der Waals surface area contributed by atoms with E-state index in [2.05, 4.69) is 15.4 Å². The Morgan fingerprint density at radius 3 is 2.81 bits per heavy atom. The van der Waals surface area contributed by atoms with Crippen LogP contribution in [0, 0.1) is 5.92 Å². The Morgan fingerprint density at radius 2 is 2.19 bits per heavy atom. The molecule has 2 N–H and O–H groups in total. The third-order valence-corrected chi connectivity index (χ3v) is 5.20. The molecule has 3 heterocycles. The third kappa shape index (κ3) is 3.79. The second-order valence-corrected chi connectivity index (χ2v) is 7.22. The predicted octanol–water partition coefficient (Wildman–Crippen LogP) is 2.06. The summed E-state index contributed by atoms with van der Waals surface area (Å²) < 4.78 is 33.3. The maximum absolute atomic E-state index is 13.4. The molecule has 0 spiro atoms. The zero-order chi connectivity index (χ0) is 19.0. The monoisotopic (exact) mass is 380 g/mol. The van der Waals surface area contributed by atoms with Crippen molar-refractivity contribution >= 4 is 11.6 Å². The second kappa shape index (κ2) is 7.47. The van der Waals surface area contributed by atoms with Crippen LogP contribution in [0.5, 0.6) is 0 Å². The van der Waals surface area contributed by atoms with Gasteiger partial charge in [0.2, 0.25) is 0 Å². The molecule has 2 unspecified atom stereocenters. The first-order chi connectivity index (χ1) is 13.1. The average Bonchev–Trinajstić information content (AvgIpc) is 3.44. The molecule has 2 fully saturated rings. The van der Waals surface area contributed by atoms with Crippen molar-refractivity contribution in [3.8, 4) is 0 Å². The fourth-order valence-corrected chi connectivity index (χ4v) is 3.51. The third-order valence-electron chi connectivity index (χ3n) is 5.20. The lowest BCUT2D eigenvalue weighted by Gasteiger charge is -2.29. The number of nitrogens with one attached hydrogen (secondary N) is 1. The molecule has 0 aromatic carbocycles. The summed E-state index contributed by atoms with van der Waals surface area (Å²) in [4.78, 5) is 17.0. The Labute approximate surface area is 154 Å². The lowest BCUT2D eigenvalue weighted by atomic mass is 9.94. The molecule has 1 saturated carbocycles. The summed E-state index contributed by atoms with van der Waals surface area (Å²) in [6.07, 6.45) is 0.882. The van der Waals surface area contributed by atoms with Gasteiger partial charge in [-0.1, -0.05) is 0 Å². The van der Waals surface area contributed by atoms with E-state index in [0.717, 1.165) is 30.2 Å². The van der Waals surface area contributed by atoms with Crippen LogP contribution in [0.1, 0.15) is 59.9 Å². The van der Waals surface area contributed by atoms with Crippen molar-refractivity contribution < 1.29 is 23.4 Å². The van der Waals surface area contributed by atoms with E-state index in [1.165, 1.54) is 12.1 Å². The molecule has 7 nitrogen and oxygen atoms in total. The second-order valence-electron chi connectivity index (χ2n) is 7.22. The maximum Gasteiger partial charge on any atom is 0.280 e. The van der Waals surface area contributed by atoms with Gasteiger partial charge in [0.25, 0.3) is 12.3 Å². The van der Waals surface area contributed by atoms with Crippen LogP contribution in [0.2, 0.25) is 0 Å².